The van der Waals surface area contributed by atoms with E-state index in [0.717, 1.165) is 16.9 Å². The Morgan fingerprint density at radius 2 is 1.40 bits per heavy atom. The SMILES string of the molecule is COC1=N[C@H](C(C)C)C(OC)=N[C@H]1[C@H](OC)c1ccc(OCc2ccccc2)cc1. The largest absolute Gasteiger partial charge is 0.489 e. The van der Waals surface area contributed by atoms with Gasteiger partial charge in [-0.25, -0.2) is 9.98 Å². The zero-order chi connectivity index (χ0) is 21.5. The van der Waals surface area contributed by atoms with Gasteiger partial charge >= 0.3 is 0 Å². The summed E-state index contributed by atoms with van der Waals surface area (Å²) in [5, 5.41) is 0. The van der Waals surface area contributed by atoms with Gasteiger partial charge in [-0.1, -0.05) is 56.3 Å². The second-order valence-electron chi connectivity index (χ2n) is 7.48. The topological polar surface area (TPSA) is 61.6 Å². The number of hydrogen-bond acceptors (Lipinski definition) is 6. The fourth-order valence-corrected chi connectivity index (χ4v) is 3.46. The Labute approximate surface area is 178 Å². The van der Waals surface area contributed by atoms with Gasteiger partial charge in [-0.2, -0.15) is 0 Å². The van der Waals surface area contributed by atoms with Crippen LogP contribution in [0.1, 0.15) is 31.1 Å². The van der Waals surface area contributed by atoms with E-state index in [1.807, 2.05) is 54.6 Å². The summed E-state index contributed by atoms with van der Waals surface area (Å²) in [7, 11) is 4.90. The molecule has 3 rings (SSSR count). The molecule has 2 aromatic rings. The lowest BCUT2D eigenvalue weighted by Gasteiger charge is -2.30. The first kappa shape index (κ1) is 21.8. The highest BCUT2D eigenvalue weighted by Crippen LogP contribution is 2.30. The maximum Gasteiger partial charge on any atom is 0.212 e. The summed E-state index contributed by atoms with van der Waals surface area (Å²) in [6.45, 7) is 4.69. The Hall–Kier alpha value is -2.86. The van der Waals surface area contributed by atoms with Crippen molar-refractivity contribution >= 4 is 11.8 Å². The van der Waals surface area contributed by atoms with E-state index in [1.54, 1.807) is 21.3 Å². The molecule has 3 atom stereocenters. The normalized spacial score (nSPS) is 19.7. The van der Waals surface area contributed by atoms with E-state index >= 15 is 0 Å². The fourth-order valence-electron chi connectivity index (χ4n) is 3.46. The van der Waals surface area contributed by atoms with Gasteiger partial charge in [0.1, 0.15) is 24.5 Å². The van der Waals surface area contributed by atoms with E-state index in [2.05, 4.69) is 13.8 Å². The fraction of sp³-hybridized carbons (Fsp3) is 0.417. The highest BCUT2D eigenvalue weighted by Gasteiger charge is 2.36. The van der Waals surface area contributed by atoms with Crippen molar-refractivity contribution in [2.45, 2.75) is 38.6 Å². The third-order valence-corrected chi connectivity index (χ3v) is 5.09. The first-order valence-electron chi connectivity index (χ1n) is 10.1. The van der Waals surface area contributed by atoms with Gasteiger partial charge in [-0.05, 0) is 29.2 Å². The molecule has 0 saturated heterocycles. The van der Waals surface area contributed by atoms with E-state index in [-0.39, 0.29) is 18.1 Å². The number of methoxy groups -OCH3 is 3. The van der Waals surface area contributed by atoms with Crippen molar-refractivity contribution < 1.29 is 18.9 Å². The Bertz CT molecular complexity index is 863. The van der Waals surface area contributed by atoms with Crippen molar-refractivity contribution in [3.8, 4) is 5.75 Å². The van der Waals surface area contributed by atoms with Crippen LogP contribution in [0.3, 0.4) is 0 Å². The molecule has 0 N–H and O–H groups in total. The third-order valence-electron chi connectivity index (χ3n) is 5.09. The second kappa shape index (κ2) is 10.3. The van der Waals surface area contributed by atoms with Crippen LogP contribution in [-0.2, 0) is 20.8 Å². The number of rotatable bonds is 7. The van der Waals surface area contributed by atoms with Gasteiger partial charge in [0, 0.05) is 7.11 Å². The Kier molecular flexibility index (Phi) is 7.46. The van der Waals surface area contributed by atoms with Crippen LogP contribution in [-0.4, -0.2) is 45.2 Å². The molecule has 0 spiro atoms. The van der Waals surface area contributed by atoms with Crippen LogP contribution in [0.4, 0.5) is 0 Å². The zero-order valence-electron chi connectivity index (χ0n) is 18.2. The summed E-state index contributed by atoms with van der Waals surface area (Å²) in [5.41, 5.74) is 2.09. The highest BCUT2D eigenvalue weighted by atomic mass is 16.5. The monoisotopic (exact) mass is 410 g/mol. The molecule has 6 heteroatoms. The molecular weight excluding hydrogens is 380 g/mol. The summed E-state index contributed by atoms with van der Waals surface area (Å²) < 4.78 is 22.8. The molecule has 0 saturated carbocycles. The Morgan fingerprint density at radius 1 is 0.800 bits per heavy atom. The highest BCUT2D eigenvalue weighted by molar-refractivity contribution is 5.94. The minimum Gasteiger partial charge on any atom is -0.489 e. The maximum atomic E-state index is 5.89. The molecule has 0 aromatic heterocycles. The van der Waals surface area contributed by atoms with Crippen LogP contribution >= 0.6 is 0 Å². The third kappa shape index (κ3) is 5.00. The number of benzene rings is 2. The zero-order valence-corrected chi connectivity index (χ0v) is 18.2. The molecule has 30 heavy (non-hydrogen) atoms. The average molecular weight is 411 g/mol. The summed E-state index contributed by atoms with van der Waals surface area (Å²) >= 11 is 0. The lowest BCUT2D eigenvalue weighted by atomic mass is 9.98. The predicted octanol–water partition coefficient (Wildman–Crippen LogP) is 4.45. The molecule has 0 bridgehead atoms. The van der Waals surface area contributed by atoms with Gasteiger partial charge in [-0.3, -0.25) is 0 Å². The minimum atomic E-state index is -0.416. The summed E-state index contributed by atoms with van der Waals surface area (Å²) in [6.07, 6.45) is -0.356. The van der Waals surface area contributed by atoms with E-state index in [4.69, 9.17) is 28.9 Å². The first-order valence-corrected chi connectivity index (χ1v) is 10.1. The van der Waals surface area contributed by atoms with Crippen molar-refractivity contribution in [2.24, 2.45) is 15.9 Å². The van der Waals surface area contributed by atoms with Gasteiger partial charge < -0.3 is 18.9 Å². The van der Waals surface area contributed by atoms with Gasteiger partial charge in [0.15, 0.2) is 6.04 Å². The van der Waals surface area contributed by atoms with Gasteiger partial charge in [0.05, 0.1) is 14.2 Å². The van der Waals surface area contributed by atoms with Crippen molar-refractivity contribution in [3.63, 3.8) is 0 Å². The maximum absolute atomic E-state index is 5.89. The standard InChI is InChI=1S/C24H30N2O4/c1-16(2)20-23(28-4)26-21(24(25-20)29-5)22(27-3)18-11-13-19(14-12-18)30-15-17-9-7-6-8-10-17/h6-14,16,20-22H,15H2,1-5H3/t20-,21+,22-/m1/s1. The molecular formula is C24H30N2O4. The van der Waals surface area contributed by atoms with Crippen LogP contribution in [0, 0.1) is 5.92 Å². The van der Waals surface area contributed by atoms with Crippen molar-refractivity contribution in [3.05, 3.63) is 65.7 Å². The molecule has 160 valence electrons. The molecule has 1 heterocycles. The van der Waals surface area contributed by atoms with Gasteiger partial charge in [-0.15, -0.1) is 0 Å². The van der Waals surface area contributed by atoms with E-state index < -0.39 is 6.04 Å². The Morgan fingerprint density at radius 3 is 1.97 bits per heavy atom. The minimum absolute atomic E-state index is 0.160. The van der Waals surface area contributed by atoms with Gasteiger partial charge in [0.2, 0.25) is 11.8 Å². The summed E-state index contributed by atoms with van der Waals surface area (Å²) in [4.78, 5) is 9.53. The average Bonchev–Trinajstić information content (AvgIpc) is 2.79. The van der Waals surface area contributed by atoms with Crippen LogP contribution in [0.15, 0.2) is 64.6 Å². The molecule has 1 aliphatic rings. The van der Waals surface area contributed by atoms with E-state index in [0.29, 0.717) is 18.4 Å². The van der Waals surface area contributed by atoms with Crippen LogP contribution in [0.25, 0.3) is 0 Å². The van der Waals surface area contributed by atoms with Crippen molar-refractivity contribution in [1.29, 1.82) is 0 Å². The molecule has 0 radical (unpaired) electrons. The van der Waals surface area contributed by atoms with Crippen LogP contribution in [0.5, 0.6) is 5.75 Å². The quantitative estimate of drug-likeness (QED) is 0.677. The van der Waals surface area contributed by atoms with Crippen LogP contribution in [0.2, 0.25) is 0 Å². The summed E-state index contributed by atoms with van der Waals surface area (Å²) in [6, 6.07) is 17.4. The molecule has 2 aromatic carbocycles. The lowest BCUT2D eigenvalue weighted by Crippen LogP contribution is -2.40. The van der Waals surface area contributed by atoms with Crippen LogP contribution < -0.4 is 4.74 Å². The number of hydrogen-bond donors (Lipinski definition) is 0. The smallest absolute Gasteiger partial charge is 0.212 e. The molecule has 1 aliphatic heterocycles. The summed E-state index contributed by atoms with van der Waals surface area (Å²) in [5.74, 6) is 2.19. The molecule has 0 fully saturated rings. The Balaban J connectivity index is 1.77. The number of aliphatic imine (C=N–C) groups is 2. The van der Waals surface area contributed by atoms with Crippen molar-refractivity contribution in [1.82, 2.24) is 0 Å². The molecule has 0 amide bonds. The number of ether oxygens (including phenoxy) is 4. The first-order chi connectivity index (χ1) is 14.6. The second-order valence-corrected chi connectivity index (χ2v) is 7.48. The van der Waals surface area contributed by atoms with E-state index in [9.17, 15) is 0 Å². The van der Waals surface area contributed by atoms with Crippen molar-refractivity contribution in [2.75, 3.05) is 21.3 Å². The number of nitrogens with zero attached hydrogens (tertiary/aromatic N) is 2. The van der Waals surface area contributed by atoms with Gasteiger partial charge in [0.25, 0.3) is 0 Å². The molecule has 0 unspecified atom stereocenters. The lowest BCUT2D eigenvalue weighted by molar-refractivity contribution is 0.0896. The molecule has 0 aliphatic carbocycles. The molecule has 6 nitrogen and oxygen atoms in total. The van der Waals surface area contributed by atoms with E-state index in [1.165, 1.54) is 0 Å². The predicted molar refractivity (Wildman–Crippen MR) is 118 cm³/mol.